The van der Waals surface area contributed by atoms with Gasteiger partial charge in [0.05, 0.1) is 21.1 Å². The molecule has 25 heavy (non-hydrogen) atoms. The minimum Gasteiger partial charge on any atom is -0.481 e. The molecule has 0 rings (SSSR count). The van der Waals surface area contributed by atoms with Gasteiger partial charge in [-0.15, -0.1) is 0 Å². The maximum atomic E-state index is 12.3. The number of quaternary nitrogens is 1. The van der Waals surface area contributed by atoms with Crippen molar-refractivity contribution in [3.8, 4) is 0 Å². The van der Waals surface area contributed by atoms with Crippen LogP contribution in [-0.4, -0.2) is 60.9 Å². The Labute approximate surface area is 159 Å². The van der Waals surface area contributed by atoms with Gasteiger partial charge in [0.15, 0.2) is 6.04 Å². The Morgan fingerprint density at radius 2 is 1.40 bits per heavy atom. The smallest absolute Gasteiger partial charge is 0.303 e. The number of carbonyl (C=O) groups is 2. The summed E-state index contributed by atoms with van der Waals surface area (Å²) in [6.45, 7) is 0.761. The molecule has 0 fully saturated rings. The number of nitrogens with one attached hydrogen (secondary N) is 1. The van der Waals surface area contributed by atoms with Crippen LogP contribution in [0.5, 0.6) is 0 Å². The van der Waals surface area contributed by atoms with Crippen molar-refractivity contribution in [2.45, 2.75) is 76.7 Å². The summed E-state index contributed by atoms with van der Waals surface area (Å²) >= 11 is 4.26. The Balaban J connectivity index is 3.54. The first kappa shape index (κ1) is 24.2. The van der Waals surface area contributed by atoms with Gasteiger partial charge in [0.1, 0.15) is 0 Å². The molecule has 1 atom stereocenters. The molecule has 0 aromatic carbocycles. The number of rotatable bonds is 16. The van der Waals surface area contributed by atoms with Crippen LogP contribution in [-0.2, 0) is 9.59 Å². The number of carboxylic acids is 1. The normalized spacial score (nSPS) is 12.8. The minimum absolute atomic E-state index is 0.0290. The summed E-state index contributed by atoms with van der Waals surface area (Å²) in [4.78, 5) is 22.7. The summed E-state index contributed by atoms with van der Waals surface area (Å²) in [6, 6.07) is -0.0290. The number of hydrogen-bond donors (Lipinski definition) is 3. The van der Waals surface area contributed by atoms with Crippen molar-refractivity contribution in [1.29, 1.82) is 0 Å². The molecule has 0 heterocycles. The molecule has 1 amide bonds. The zero-order chi connectivity index (χ0) is 19.1. The molecule has 0 saturated heterocycles. The first-order valence-electron chi connectivity index (χ1n) is 9.70. The number of amides is 1. The van der Waals surface area contributed by atoms with Crippen LogP contribution in [0.25, 0.3) is 0 Å². The predicted octanol–water partition coefficient (Wildman–Crippen LogP) is 3.48. The summed E-state index contributed by atoms with van der Waals surface area (Å²) in [5.41, 5.74) is 0. The van der Waals surface area contributed by atoms with Crippen LogP contribution >= 0.6 is 12.6 Å². The minimum atomic E-state index is -0.689. The summed E-state index contributed by atoms with van der Waals surface area (Å²) in [6.07, 6.45) is 11.1. The number of nitrogens with zero attached hydrogens (tertiary/aromatic N) is 1. The summed E-state index contributed by atoms with van der Waals surface area (Å²) < 4.78 is 0.638. The molecule has 0 aromatic heterocycles. The van der Waals surface area contributed by atoms with Crippen molar-refractivity contribution < 1.29 is 19.2 Å². The van der Waals surface area contributed by atoms with E-state index < -0.39 is 5.97 Å². The Hall–Kier alpha value is -0.750. The van der Waals surface area contributed by atoms with Gasteiger partial charge in [-0.3, -0.25) is 9.59 Å². The Bertz CT molecular complexity index is 370. The lowest BCUT2D eigenvalue weighted by Crippen LogP contribution is -2.54. The summed E-state index contributed by atoms with van der Waals surface area (Å²) in [5.74, 6) is 0.178. The van der Waals surface area contributed by atoms with E-state index in [9.17, 15) is 9.59 Å². The van der Waals surface area contributed by atoms with Crippen LogP contribution in [0.15, 0.2) is 0 Å². The molecular weight excluding hydrogens is 336 g/mol. The largest absolute Gasteiger partial charge is 0.481 e. The third kappa shape index (κ3) is 14.1. The second-order valence-corrected chi connectivity index (χ2v) is 8.21. The summed E-state index contributed by atoms with van der Waals surface area (Å²) in [7, 11) is 6.15. The Kier molecular flexibility index (Phi) is 14.0. The molecule has 0 radical (unpaired) electrons. The van der Waals surface area contributed by atoms with Gasteiger partial charge in [0.25, 0.3) is 5.91 Å². The average molecular weight is 376 g/mol. The number of aliphatic carboxylic acids is 1. The maximum absolute atomic E-state index is 12.3. The lowest BCUT2D eigenvalue weighted by molar-refractivity contribution is -0.886. The van der Waals surface area contributed by atoms with Gasteiger partial charge in [-0.1, -0.05) is 44.9 Å². The predicted molar refractivity (Wildman–Crippen MR) is 107 cm³/mol. The lowest BCUT2D eigenvalue weighted by atomic mass is 10.1. The zero-order valence-corrected chi connectivity index (χ0v) is 17.3. The molecule has 6 heteroatoms. The van der Waals surface area contributed by atoms with E-state index in [4.69, 9.17) is 5.11 Å². The second-order valence-electron chi connectivity index (χ2n) is 7.76. The van der Waals surface area contributed by atoms with E-state index in [1.54, 1.807) is 0 Å². The highest BCUT2D eigenvalue weighted by Crippen LogP contribution is 2.11. The fourth-order valence-electron chi connectivity index (χ4n) is 2.96. The highest BCUT2D eigenvalue weighted by atomic mass is 32.1. The van der Waals surface area contributed by atoms with Gasteiger partial charge in [0, 0.05) is 19.4 Å². The molecule has 0 aliphatic carbocycles. The number of unbranched alkanes of at least 4 members (excludes halogenated alkanes) is 8. The monoisotopic (exact) mass is 375 g/mol. The lowest BCUT2D eigenvalue weighted by Gasteiger charge is -2.32. The molecule has 0 saturated carbocycles. The molecular formula is C19H39N2O3S+. The fourth-order valence-corrected chi connectivity index (χ4v) is 3.21. The number of thiol groups is 1. The van der Waals surface area contributed by atoms with Crippen molar-refractivity contribution in [2.75, 3.05) is 33.4 Å². The van der Waals surface area contributed by atoms with Gasteiger partial charge in [-0.2, -0.15) is 12.6 Å². The standard InChI is InChI=1S/C19H38N2O3S/c1-21(2,3)17(14-16-25)19(24)20-15-12-10-8-6-4-5-7-9-11-13-18(22)23/h17H,4-16H2,1-3H3,(H2-,20,22,23,24,25)/p+1. The van der Waals surface area contributed by atoms with Crippen LogP contribution < -0.4 is 5.32 Å². The van der Waals surface area contributed by atoms with E-state index in [1.165, 1.54) is 25.7 Å². The van der Waals surface area contributed by atoms with Crippen LogP contribution in [0.1, 0.15) is 70.6 Å². The third-order valence-corrected chi connectivity index (χ3v) is 4.77. The molecule has 0 aromatic rings. The number of carbonyl (C=O) groups excluding carboxylic acids is 1. The summed E-state index contributed by atoms with van der Waals surface area (Å²) in [5, 5.41) is 11.6. The molecule has 0 aliphatic rings. The maximum Gasteiger partial charge on any atom is 0.303 e. The molecule has 5 nitrogen and oxygen atoms in total. The van der Waals surface area contributed by atoms with Crippen molar-refractivity contribution in [2.24, 2.45) is 0 Å². The first-order chi connectivity index (χ1) is 11.8. The molecule has 0 aliphatic heterocycles. The van der Waals surface area contributed by atoms with Crippen LogP contribution in [0.2, 0.25) is 0 Å². The van der Waals surface area contributed by atoms with E-state index in [2.05, 4.69) is 39.1 Å². The first-order valence-corrected chi connectivity index (χ1v) is 10.3. The van der Waals surface area contributed by atoms with Crippen molar-refractivity contribution in [3.05, 3.63) is 0 Å². The number of carboxylic acid groups (broad SMARTS) is 1. The topological polar surface area (TPSA) is 66.4 Å². The Morgan fingerprint density at radius 1 is 0.920 bits per heavy atom. The van der Waals surface area contributed by atoms with Gasteiger partial charge in [0.2, 0.25) is 0 Å². The molecule has 2 N–H and O–H groups in total. The van der Waals surface area contributed by atoms with Crippen molar-refractivity contribution in [3.63, 3.8) is 0 Å². The fraction of sp³-hybridized carbons (Fsp3) is 0.895. The Morgan fingerprint density at radius 3 is 1.84 bits per heavy atom. The molecule has 0 bridgehead atoms. The molecule has 0 spiro atoms. The van der Waals surface area contributed by atoms with Gasteiger partial charge >= 0.3 is 5.97 Å². The van der Waals surface area contributed by atoms with Gasteiger partial charge in [-0.05, 0) is 18.6 Å². The quantitative estimate of drug-likeness (QED) is 0.220. The second kappa shape index (κ2) is 14.4. The van der Waals surface area contributed by atoms with Gasteiger partial charge < -0.3 is 14.9 Å². The SMILES string of the molecule is C[N+](C)(C)C(CCS)C(=O)NCCCCCCCCCCCC(=O)O. The number of likely N-dealkylation sites (N-methyl/N-ethyl adjacent to an activating group) is 1. The van der Waals surface area contributed by atoms with Crippen LogP contribution in [0, 0.1) is 0 Å². The van der Waals surface area contributed by atoms with E-state index in [0.717, 1.165) is 50.8 Å². The highest BCUT2D eigenvalue weighted by Gasteiger charge is 2.30. The highest BCUT2D eigenvalue weighted by molar-refractivity contribution is 7.80. The molecule has 148 valence electrons. The van der Waals surface area contributed by atoms with Gasteiger partial charge in [-0.25, -0.2) is 0 Å². The van der Waals surface area contributed by atoms with E-state index in [-0.39, 0.29) is 11.9 Å². The van der Waals surface area contributed by atoms with Crippen molar-refractivity contribution >= 4 is 24.5 Å². The van der Waals surface area contributed by atoms with E-state index in [1.807, 2.05) is 0 Å². The average Bonchev–Trinajstić information content (AvgIpc) is 2.52. The molecule has 1 unspecified atom stereocenters. The van der Waals surface area contributed by atoms with Crippen LogP contribution in [0.3, 0.4) is 0 Å². The third-order valence-electron chi connectivity index (χ3n) is 4.51. The van der Waals surface area contributed by atoms with Crippen molar-refractivity contribution in [1.82, 2.24) is 5.32 Å². The zero-order valence-electron chi connectivity index (χ0n) is 16.4. The van der Waals surface area contributed by atoms with Crippen LogP contribution in [0.4, 0.5) is 0 Å². The number of hydrogen-bond acceptors (Lipinski definition) is 3. The van der Waals surface area contributed by atoms with E-state index >= 15 is 0 Å². The van der Waals surface area contributed by atoms with E-state index in [0.29, 0.717) is 10.9 Å².